The molecule has 0 aromatic rings. The van der Waals surface area contributed by atoms with Gasteiger partial charge in [-0.3, -0.25) is 4.79 Å². The van der Waals surface area contributed by atoms with Crippen molar-refractivity contribution >= 4 is 28.8 Å². The minimum atomic E-state index is 0. The number of hydrogen-bond acceptors (Lipinski definition) is 1. The predicted octanol–water partition coefficient (Wildman–Crippen LogP) is 1.57. The van der Waals surface area contributed by atoms with Crippen molar-refractivity contribution in [3.8, 4) is 0 Å². The van der Waals surface area contributed by atoms with E-state index >= 15 is 0 Å². The van der Waals surface area contributed by atoms with Gasteiger partial charge in [-0.15, -0.1) is 0 Å². The van der Waals surface area contributed by atoms with Crippen molar-refractivity contribution in [2.24, 2.45) is 5.92 Å². The summed E-state index contributed by atoms with van der Waals surface area (Å²) in [5, 5.41) is 0. The van der Waals surface area contributed by atoms with Crippen LogP contribution in [0.2, 0.25) is 0 Å². The van der Waals surface area contributed by atoms with Gasteiger partial charge < -0.3 is 0 Å². The molecule has 64 valence electrons. The van der Waals surface area contributed by atoms with Crippen LogP contribution in [0.1, 0.15) is 26.7 Å². The SMILES string of the molecule is C=C(C)C1CC=C(C)C(=O)C1.[MgH2]. The average molecular weight is 177 g/mol. The van der Waals surface area contributed by atoms with Gasteiger partial charge in [0.1, 0.15) is 0 Å². The van der Waals surface area contributed by atoms with E-state index in [1.807, 2.05) is 19.9 Å². The van der Waals surface area contributed by atoms with Crippen LogP contribution in [0.5, 0.6) is 0 Å². The Morgan fingerprint density at radius 3 is 2.67 bits per heavy atom. The average Bonchev–Trinajstić information content (AvgIpc) is 1.94. The molecule has 1 nitrogen and oxygen atoms in total. The second-order valence-corrected chi connectivity index (χ2v) is 3.29. The monoisotopic (exact) mass is 176 g/mol. The highest BCUT2D eigenvalue weighted by atomic mass is 24.3. The van der Waals surface area contributed by atoms with Gasteiger partial charge >= 0.3 is 23.1 Å². The molecule has 0 amide bonds. The molecule has 0 spiro atoms. The van der Waals surface area contributed by atoms with E-state index in [2.05, 4.69) is 6.58 Å². The lowest BCUT2D eigenvalue weighted by Crippen LogP contribution is -2.14. The molecule has 0 aromatic carbocycles. The predicted molar refractivity (Wildman–Crippen MR) is 54.8 cm³/mol. The number of carbonyl (C=O) groups is 1. The fourth-order valence-corrected chi connectivity index (χ4v) is 1.28. The molecule has 0 N–H and O–H groups in total. The number of ketones is 1. The number of Topliss-reactive ketones (excluding diaryl/α,β-unsaturated/α-hetero) is 1. The van der Waals surface area contributed by atoms with Gasteiger partial charge in [-0.1, -0.05) is 18.2 Å². The Bertz CT molecular complexity index is 228. The van der Waals surface area contributed by atoms with Crippen LogP contribution in [0.4, 0.5) is 0 Å². The van der Waals surface area contributed by atoms with Gasteiger partial charge in [0, 0.05) is 6.42 Å². The van der Waals surface area contributed by atoms with Crippen LogP contribution in [-0.4, -0.2) is 28.8 Å². The van der Waals surface area contributed by atoms with Gasteiger partial charge in [0.05, 0.1) is 0 Å². The molecule has 0 bridgehead atoms. The summed E-state index contributed by atoms with van der Waals surface area (Å²) in [5.74, 6) is 0.676. The Hall–Kier alpha value is -0.0838. The number of rotatable bonds is 1. The molecule has 1 aliphatic rings. The third-order valence-electron chi connectivity index (χ3n) is 2.28. The van der Waals surface area contributed by atoms with Crippen molar-refractivity contribution in [2.45, 2.75) is 26.7 Å². The van der Waals surface area contributed by atoms with Crippen molar-refractivity contribution in [1.82, 2.24) is 0 Å². The standard InChI is InChI=1S/C10H14O.Mg.2H/c1-7(2)9-5-4-8(3)10(11)6-9;;;/h4,9H,1,5-6H2,2-3H3;;;. The first-order valence-electron chi connectivity index (χ1n) is 3.96. The molecule has 1 rings (SSSR count). The minimum Gasteiger partial charge on any atom is -0.295 e. The van der Waals surface area contributed by atoms with Crippen LogP contribution < -0.4 is 0 Å². The summed E-state index contributed by atoms with van der Waals surface area (Å²) >= 11 is 0. The lowest BCUT2D eigenvalue weighted by atomic mass is 9.85. The molecule has 2 heteroatoms. The van der Waals surface area contributed by atoms with E-state index in [4.69, 9.17) is 0 Å². The van der Waals surface area contributed by atoms with Gasteiger partial charge in [0.15, 0.2) is 5.78 Å². The van der Waals surface area contributed by atoms with Crippen LogP contribution in [0.3, 0.4) is 0 Å². The van der Waals surface area contributed by atoms with Gasteiger partial charge in [-0.2, -0.15) is 0 Å². The smallest absolute Gasteiger partial charge is 0.295 e. The van der Waals surface area contributed by atoms with Crippen LogP contribution in [0, 0.1) is 5.92 Å². The van der Waals surface area contributed by atoms with Gasteiger partial charge in [0.25, 0.3) is 0 Å². The topological polar surface area (TPSA) is 17.1 Å². The fourth-order valence-electron chi connectivity index (χ4n) is 1.28. The van der Waals surface area contributed by atoms with E-state index < -0.39 is 0 Å². The maximum absolute atomic E-state index is 11.2. The molecular weight excluding hydrogens is 160 g/mol. The first kappa shape index (κ1) is 11.9. The summed E-state index contributed by atoms with van der Waals surface area (Å²) in [6, 6.07) is 0. The zero-order chi connectivity index (χ0) is 8.43. The van der Waals surface area contributed by atoms with Crippen molar-refractivity contribution in [1.29, 1.82) is 0 Å². The molecule has 0 heterocycles. The molecule has 0 radical (unpaired) electrons. The van der Waals surface area contributed by atoms with E-state index in [1.54, 1.807) is 0 Å². The third-order valence-corrected chi connectivity index (χ3v) is 2.28. The Morgan fingerprint density at radius 2 is 2.25 bits per heavy atom. The number of hydrogen-bond donors (Lipinski definition) is 0. The van der Waals surface area contributed by atoms with Crippen LogP contribution in [0.15, 0.2) is 23.8 Å². The van der Waals surface area contributed by atoms with Gasteiger partial charge in [-0.05, 0) is 31.8 Å². The summed E-state index contributed by atoms with van der Waals surface area (Å²) in [6.07, 6.45) is 3.68. The third kappa shape index (κ3) is 2.75. The molecule has 1 atom stereocenters. The Kier molecular flexibility index (Phi) is 4.79. The van der Waals surface area contributed by atoms with E-state index in [-0.39, 0.29) is 28.8 Å². The summed E-state index contributed by atoms with van der Waals surface area (Å²) in [5.41, 5.74) is 2.05. The molecule has 12 heavy (non-hydrogen) atoms. The highest BCUT2D eigenvalue weighted by Crippen LogP contribution is 2.25. The molecule has 0 aromatic heterocycles. The second-order valence-electron chi connectivity index (χ2n) is 3.29. The maximum Gasteiger partial charge on any atom is 0.316 e. The van der Waals surface area contributed by atoms with Crippen molar-refractivity contribution < 1.29 is 4.79 Å². The molecule has 1 aliphatic carbocycles. The lowest BCUT2D eigenvalue weighted by Gasteiger charge is -2.18. The van der Waals surface area contributed by atoms with Gasteiger partial charge in [-0.25, -0.2) is 0 Å². The van der Waals surface area contributed by atoms with E-state index in [0.717, 1.165) is 17.6 Å². The lowest BCUT2D eigenvalue weighted by molar-refractivity contribution is -0.116. The van der Waals surface area contributed by atoms with E-state index in [1.165, 1.54) is 0 Å². The highest BCUT2D eigenvalue weighted by Gasteiger charge is 2.18. The summed E-state index contributed by atoms with van der Waals surface area (Å²) in [4.78, 5) is 11.2. The molecule has 0 aliphatic heterocycles. The molecule has 1 unspecified atom stereocenters. The van der Waals surface area contributed by atoms with Crippen molar-refractivity contribution in [2.75, 3.05) is 0 Å². The summed E-state index contributed by atoms with van der Waals surface area (Å²) in [6.45, 7) is 7.74. The molecule has 0 saturated carbocycles. The van der Waals surface area contributed by atoms with Crippen LogP contribution in [0.25, 0.3) is 0 Å². The highest BCUT2D eigenvalue weighted by molar-refractivity contribution is 5.95. The van der Waals surface area contributed by atoms with Crippen LogP contribution in [-0.2, 0) is 4.79 Å². The largest absolute Gasteiger partial charge is 0.316 e. The number of carbonyl (C=O) groups excluding carboxylic acids is 1. The van der Waals surface area contributed by atoms with E-state index in [9.17, 15) is 4.79 Å². The zero-order valence-electron chi connectivity index (χ0n) is 7.18. The Balaban J connectivity index is 0.00000121. The maximum atomic E-state index is 11.2. The zero-order valence-corrected chi connectivity index (χ0v) is 7.18. The first-order valence-corrected chi connectivity index (χ1v) is 3.96. The second kappa shape index (κ2) is 4.82. The first-order chi connectivity index (χ1) is 5.11. The van der Waals surface area contributed by atoms with Crippen molar-refractivity contribution in [3.05, 3.63) is 23.8 Å². The summed E-state index contributed by atoms with van der Waals surface area (Å²) < 4.78 is 0. The van der Waals surface area contributed by atoms with Crippen LogP contribution >= 0.6 is 0 Å². The Morgan fingerprint density at radius 1 is 1.67 bits per heavy atom. The van der Waals surface area contributed by atoms with E-state index in [0.29, 0.717) is 12.3 Å². The fraction of sp³-hybridized carbons (Fsp3) is 0.500. The minimum absolute atomic E-state index is 0. The molecule has 0 saturated heterocycles. The normalized spacial score (nSPS) is 22.7. The van der Waals surface area contributed by atoms with Crippen molar-refractivity contribution in [3.63, 3.8) is 0 Å². The Labute approximate surface area is 90.1 Å². The quantitative estimate of drug-likeness (QED) is 0.438. The number of allylic oxidation sites excluding steroid dienone is 3. The van der Waals surface area contributed by atoms with Gasteiger partial charge in [0.2, 0.25) is 0 Å². The summed E-state index contributed by atoms with van der Waals surface area (Å²) in [7, 11) is 0. The molecule has 0 fully saturated rings. The molecular formula is C10H16MgO.